The Bertz CT molecular complexity index is 1450. The summed E-state index contributed by atoms with van der Waals surface area (Å²) < 4.78 is 6.09. The van der Waals surface area contributed by atoms with E-state index in [0.29, 0.717) is 43.4 Å². The molecule has 52 heavy (non-hydrogen) atoms. The van der Waals surface area contributed by atoms with E-state index in [1.165, 1.54) is 0 Å². The highest BCUT2D eigenvalue weighted by molar-refractivity contribution is 6.30. The second kappa shape index (κ2) is 20.7. The van der Waals surface area contributed by atoms with Crippen LogP contribution in [0, 0.1) is 46.8 Å². The van der Waals surface area contributed by atoms with Crippen LogP contribution in [-0.4, -0.2) is 84.3 Å². The van der Waals surface area contributed by atoms with Gasteiger partial charge >= 0.3 is 11.9 Å². The van der Waals surface area contributed by atoms with Crippen LogP contribution in [0.5, 0.6) is 0 Å². The Morgan fingerprint density at radius 2 is 1.85 bits per heavy atom. The van der Waals surface area contributed by atoms with E-state index >= 15 is 0 Å². The average Bonchev–Trinajstić information content (AvgIpc) is 3.60. The van der Waals surface area contributed by atoms with Gasteiger partial charge in [0, 0.05) is 55.8 Å². The number of allylic oxidation sites excluding steroid dienone is 2. The molecule has 3 aliphatic rings. The number of cyclic esters (lactones) is 1. The van der Waals surface area contributed by atoms with E-state index < -0.39 is 30.1 Å². The second-order valence-corrected chi connectivity index (χ2v) is 15.9. The first-order valence-corrected chi connectivity index (χ1v) is 19.6. The average molecular weight is 739 g/mol. The van der Waals surface area contributed by atoms with Crippen molar-refractivity contribution in [3.05, 3.63) is 53.1 Å². The molecule has 0 aromatic heterocycles. The largest absolute Gasteiger partial charge is 0.481 e. The zero-order valence-electron chi connectivity index (χ0n) is 31.5. The molecule has 8 unspecified atom stereocenters. The number of carbonyl (C=O) groups is 2. The van der Waals surface area contributed by atoms with Crippen LogP contribution in [0.4, 0.5) is 5.69 Å². The molecule has 1 aromatic rings. The molecule has 0 amide bonds. The van der Waals surface area contributed by atoms with Crippen molar-refractivity contribution in [1.29, 1.82) is 5.26 Å². The van der Waals surface area contributed by atoms with Crippen molar-refractivity contribution in [2.75, 3.05) is 44.2 Å². The number of carboxylic acids is 1. The molecule has 286 valence electrons. The van der Waals surface area contributed by atoms with Gasteiger partial charge in [0.2, 0.25) is 0 Å². The zero-order valence-corrected chi connectivity index (χ0v) is 32.2. The van der Waals surface area contributed by atoms with Crippen molar-refractivity contribution in [1.82, 2.24) is 4.90 Å². The van der Waals surface area contributed by atoms with Crippen molar-refractivity contribution in [3.8, 4) is 6.07 Å². The number of oxime groups is 1. The molecule has 2 aliphatic heterocycles. The van der Waals surface area contributed by atoms with Crippen LogP contribution in [-0.2, 0) is 19.2 Å². The van der Waals surface area contributed by atoms with Crippen LogP contribution in [0.15, 0.2) is 53.2 Å². The van der Waals surface area contributed by atoms with E-state index in [1.54, 1.807) is 18.2 Å². The third kappa shape index (κ3) is 12.6. The highest BCUT2D eigenvalue weighted by Crippen LogP contribution is 2.37. The zero-order chi connectivity index (χ0) is 37.6. The fourth-order valence-electron chi connectivity index (χ4n) is 8.36. The van der Waals surface area contributed by atoms with Crippen LogP contribution >= 0.6 is 11.6 Å². The first kappa shape index (κ1) is 41.4. The number of esters is 1. The monoisotopic (exact) mass is 738 g/mol. The molecule has 1 aliphatic carbocycles. The third-order valence-electron chi connectivity index (χ3n) is 11.1. The Balaban J connectivity index is 1.43. The minimum atomic E-state index is -0.889. The molecule has 2 N–H and O–H groups in total. The number of halogens is 1. The van der Waals surface area contributed by atoms with Gasteiger partial charge < -0.3 is 24.7 Å². The van der Waals surface area contributed by atoms with Crippen LogP contribution in [0.25, 0.3) is 0 Å². The summed E-state index contributed by atoms with van der Waals surface area (Å²) in [4.78, 5) is 36.4. The standard InChI is InChI=1S/C41H59ClN4O6/c1-28-22-29(2)24-31(4)40(48)32(27-43)10-5-6-15-38(35-13-8-14-36(35)41(49)50)52-39(47)26-37(30(3)23-28)44-51-21-9-16-45-17-19-46(20-18-45)34-12-7-11-33(42)25-34/h5-7,10-12,25,28-31,35-36,38,40,48H,8-9,13-24,26H2,1-4H3,(H,49,50)/b6-5+,32-10+,44-37+. The number of nitrogens with zero attached hydrogens (tertiary/aromatic N) is 4. The number of aliphatic hydroxyl groups is 1. The SMILES string of the molecule is CC1CC(C)CC(C)C(O)/C(C#N)=C/C=C/CC(C2CCCC2C(=O)O)OC(=O)C/C(=N\OCCCN2CCN(c3cccc(Cl)c3)CC2)C(C)C1. The molecule has 2 fully saturated rings. The number of ether oxygens (including phenoxy) is 1. The number of benzene rings is 1. The molecular weight excluding hydrogens is 680 g/mol. The van der Waals surface area contributed by atoms with Gasteiger partial charge in [0.25, 0.3) is 0 Å². The van der Waals surface area contributed by atoms with Crippen LogP contribution in [0.2, 0.25) is 5.02 Å². The number of rotatable bonds is 8. The summed E-state index contributed by atoms with van der Waals surface area (Å²) in [7, 11) is 0. The highest BCUT2D eigenvalue weighted by Gasteiger charge is 2.39. The minimum absolute atomic E-state index is 0.0265. The summed E-state index contributed by atoms with van der Waals surface area (Å²) in [6, 6.07) is 10.1. The van der Waals surface area contributed by atoms with Crippen molar-refractivity contribution in [3.63, 3.8) is 0 Å². The summed E-state index contributed by atoms with van der Waals surface area (Å²) >= 11 is 6.20. The van der Waals surface area contributed by atoms with Gasteiger partial charge in [-0.25, -0.2) is 0 Å². The van der Waals surface area contributed by atoms with Gasteiger partial charge in [-0.2, -0.15) is 5.26 Å². The molecule has 2 heterocycles. The molecule has 8 atom stereocenters. The fourth-order valence-corrected chi connectivity index (χ4v) is 8.55. The smallest absolute Gasteiger partial charge is 0.311 e. The number of carbonyl (C=O) groups excluding carboxylic acids is 1. The topological polar surface area (TPSA) is 136 Å². The quantitative estimate of drug-likeness (QED) is 0.158. The lowest BCUT2D eigenvalue weighted by molar-refractivity contribution is -0.155. The maximum absolute atomic E-state index is 13.6. The van der Waals surface area contributed by atoms with Gasteiger partial charge in [-0.1, -0.05) is 69.1 Å². The normalized spacial score (nSPS) is 32.9. The summed E-state index contributed by atoms with van der Waals surface area (Å²) in [5.41, 5.74) is 2.07. The Morgan fingerprint density at radius 1 is 1.10 bits per heavy atom. The van der Waals surface area contributed by atoms with E-state index in [1.807, 2.05) is 25.1 Å². The third-order valence-corrected chi connectivity index (χ3v) is 11.3. The van der Waals surface area contributed by atoms with Crippen LogP contribution in [0.3, 0.4) is 0 Å². The highest BCUT2D eigenvalue weighted by atomic mass is 35.5. The van der Waals surface area contributed by atoms with Crippen LogP contribution < -0.4 is 4.90 Å². The second-order valence-electron chi connectivity index (χ2n) is 15.5. The number of aliphatic carboxylic acids is 1. The van der Waals surface area contributed by atoms with Gasteiger partial charge in [0.1, 0.15) is 12.7 Å². The number of anilines is 1. The maximum Gasteiger partial charge on any atom is 0.311 e. The number of piperazine rings is 1. The van der Waals surface area contributed by atoms with Crippen molar-refractivity contribution < 1.29 is 29.4 Å². The summed E-state index contributed by atoms with van der Waals surface area (Å²) in [6.45, 7) is 13.5. The van der Waals surface area contributed by atoms with Crippen LogP contribution in [0.1, 0.15) is 85.5 Å². The Morgan fingerprint density at radius 3 is 2.56 bits per heavy atom. The van der Waals surface area contributed by atoms with Crippen molar-refractivity contribution in [2.45, 2.75) is 97.7 Å². The number of nitriles is 1. The summed E-state index contributed by atoms with van der Waals surface area (Å²) in [6.07, 6.45) is 9.14. The van der Waals surface area contributed by atoms with E-state index in [4.69, 9.17) is 21.2 Å². The Hall–Kier alpha value is -3.39. The lowest BCUT2D eigenvalue weighted by Crippen LogP contribution is -2.46. The van der Waals surface area contributed by atoms with Crippen molar-refractivity contribution >= 4 is 34.9 Å². The van der Waals surface area contributed by atoms with E-state index in [9.17, 15) is 25.1 Å². The number of hydrogen-bond acceptors (Lipinski definition) is 9. The Labute approximate surface area is 315 Å². The molecule has 0 spiro atoms. The first-order chi connectivity index (χ1) is 24.9. The predicted molar refractivity (Wildman–Crippen MR) is 205 cm³/mol. The molecule has 10 nitrogen and oxygen atoms in total. The van der Waals surface area contributed by atoms with Gasteiger partial charge in [-0.05, 0) is 86.5 Å². The molecule has 1 aromatic carbocycles. The molecule has 0 bridgehead atoms. The predicted octanol–water partition coefficient (Wildman–Crippen LogP) is 7.51. The van der Waals surface area contributed by atoms with Gasteiger partial charge in [-0.15, -0.1) is 0 Å². The Kier molecular flexibility index (Phi) is 16.5. The summed E-state index contributed by atoms with van der Waals surface area (Å²) in [5.74, 6) is -1.72. The molecule has 4 rings (SSSR count). The summed E-state index contributed by atoms with van der Waals surface area (Å²) in [5, 5.41) is 36.0. The maximum atomic E-state index is 13.6. The molecule has 0 radical (unpaired) electrons. The number of carboxylic acid groups (broad SMARTS) is 1. The molecule has 1 saturated heterocycles. The van der Waals surface area contributed by atoms with Gasteiger partial charge in [0.05, 0.1) is 35.8 Å². The van der Waals surface area contributed by atoms with E-state index in [0.717, 1.165) is 75.5 Å². The molecule has 11 heteroatoms. The van der Waals surface area contributed by atoms with E-state index in [-0.39, 0.29) is 29.7 Å². The fraction of sp³-hybridized carbons (Fsp3) is 0.659. The lowest BCUT2D eigenvalue weighted by atomic mass is 9.82. The number of aliphatic hydroxyl groups excluding tert-OH is 1. The lowest BCUT2D eigenvalue weighted by Gasteiger charge is -2.36. The molecule has 1 saturated carbocycles. The first-order valence-electron chi connectivity index (χ1n) is 19.2. The number of hydrogen-bond donors (Lipinski definition) is 2. The van der Waals surface area contributed by atoms with Gasteiger partial charge in [-0.3, -0.25) is 14.5 Å². The van der Waals surface area contributed by atoms with Gasteiger partial charge in [0.15, 0.2) is 0 Å². The molecular formula is C41H59ClN4O6. The minimum Gasteiger partial charge on any atom is -0.481 e. The van der Waals surface area contributed by atoms with Crippen molar-refractivity contribution in [2.24, 2.45) is 40.7 Å². The van der Waals surface area contributed by atoms with E-state index in [2.05, 4.69) is 47.9 Å².